The second-order valence-electron chi connectivity index (χ2n) is 7.44. The Morgan fingerprint density at radius 3 is 1.42 bits per heavy atom. The summed E-state index contributed by atoms with van der Waals surface area (Å²) in [5, 5.41) is 14.6. The van der Waals surface area contributed by atoms with E-state index in [9.17, 15) is 31.9 Å². The van der Waals surface area contributed by atoms with Crippen molar-refractivity contribution in [1.29, 1.82) is 0 Å². The second-order valence-corrected chi connectivity index (χ2v) is 11.3. The van der Waals surface area contributed by atoms with Crippen LogP contribution in [0.25, 0.3) is 0 Å². The van der Waals surface area contributed by atoms with Crippen LogP contribution in [0.15, 0.2) is 63.6 Å². The first-order valence-corrected chi connectivity index (χ1v) is 12.4. The van der Waals surface area contributed by atoms with Crippen LogP contribution >= 0.6 is 0 Å². The summed E-state index contributed by atoms with van der Waals surface area (Å²) in [5.74, 6) is 0. The highest BCUT2D eigenvalue weighted by molar-refractivity contribution is 7.89. The molecule has 1 fully saturated rings. The van der Waals surface area contributed by atoms with Crippen molar-refractivity contribution in [3.63, 3.8) is 0 Å². The number of nitroso groups, excluding NO2 is 1. The third-order valence-corrected chi connectivity index (χ3v) is 8.51. The molecule has 0 saturated carbocycles. The maximum Gasteiger partial charge on any atom is 0.246 e. The van der Waals surface area contributed by atoms with Gasteiger partial charge in [0.05, 0.1) is 15.1 Å². The maximum atomic E-state index is 13.1. The molecular weight excluding hydrogens is 476 g/mol. The highest BCUT2D eigenvalue weighted by Crippen LogP contribution is 2.23. The monoisotopic (exact) mass is 498 g/mol. The van der Waals surface area contributed by atoms with Crippen molar-refractivity contribution in [2.24, 2.45) is 5.29 Å². The summed E-state index contributed by atoms with van der Waals surface area (Å²) in [7, 11) is -8.52. The van der Waals surface area contributed by atoms with E-state index in [1.54, 1.807) is 38.1 Å². The third-order valence-electron chi connectivity index (χ3n) is 4.95. The molecule has 3 rings (SSSR count). The molecular formula is C18H22N6O7S2. The molecule has 0 aliphatic carbocycles. The number of aryl methyl sites for hydroxylation is 2. The molecule has 0 N–H and O–H groups in total. The van der Waals surface area contributed by atoms with Gasteiger partial charge in [-0.25, -0.2) is 32.0 Å². The van der Waals surface area contributed by atoms with Crippen molar-refractivity contribution in [3.8, 4) is 0 Å². The van der Waals surface area contributed by atoms with E-state index in [0.717, 1.165) is 11.1 Å². The highest BCUT2D eigenvalue weighted by Gasteiger charge is 2.39. The Bertz CT molecular complexity index is 1150. The molecule has 2 aromatic carbocycles. The van der Waals surface area contributed by atoms with Crippen molar-refractivity contribution in [3.05, 3.63) is 74.7 Å². The fourth-order valence-corrected chi connectivity index (χ4v) is 5.78. The molecule has 33 heavy (non-hydrogen) atoms. The quantitative estimate of drug-likeness (QED) is 0.326. The lowest BCUT2D eigenvalue weighted by atomic mass is 10.2. The summed E-state index contributed by atoms with van der Waals surface area (Å²) < 4.78 is 53.8. The first-order chi connectivity index (χ1) is 15.4. The van der Waals surface area contributed by atoms with Gasteiger partial charge in [-0.2, -0.15) is 8.61 Å². The molecule has 178 valence electrons. The summed E-state index contributed by atoms with van der Waals surface area (Å²) in [6.45, 7) is 0.530. The van der Waals surface area contributed by atoms with Gasteiger partial charge >= 0.3 is 0 Å². The topological polar surface area (TPSA) is 154 Å². The first-order valence-electron chi connectivity index (χ1n) is 9.56. The molecule has 0 amide bonds. The number of nitro groups is 1. The summed E-state index contributed by atoms with van der Waals surface area (Å²) in [6.07, 6.45) is 0. The van der Waals surface area contributed by atoms with E-state index in [0.29, 0.717) is 18.6 Å². The van der Waals surface area contributed by atoms with E-state index in [1.807, 2.05) is 0 Å². The van der Waals surface area contributed by atoms with Crippen LogP contribution in [0, 0.1) is 28.9 Å². The Kier molecular flexibility index (Phi) is 6.97. The molecule has 1 aliphatic heterocycles. The second kappa shape index (κ2) is 9.38. The van der Waals surface area contributed by atoms with Crippen LogP contribution in [0.4, 0.5) is 0 Å². The predicted octanol–water partition coefficient (Wildman–Crippen LogP) is 1.31. The van der Waals surface area contributed by atoms with E-state index in [4.69, 9.17) is 0 Å². The van der Waals surface area contributed by atoms with Crippen LogP contribution in [-0.4, -0.2) is 67.2 Å². The van der Waals surface area contributed by atoms with Gasteiger partial charge in [0, 0.05) is 0 Å². The van der Waals surface area contributed by atoms with Gasteiger partial charge in [-0.1, -0.05) is 40.4 Å². The minimum Gasteiger partial charge on any atom is -0.235 e. The van der Waals surface area contributed by atoms with Gasteiger partial charge in [0.25, 0.3) is 0 Å². The smallest absolute Gasteiger partial charge is 0.235 e. The molecule has 15 heteroatoms. The largest absolute Gasteiger partial charge is 0.246 e. The molecule has 1 aliphatic rings. The molecule has 0 atom stereocenters. The Balaban J connectivity index is 1.97. The number of nitrogens with zero attached hydrogens (tertiary/aromatic N) is 6. The van der Waals surface area contributed by atoms with E-state index in [2.05, 4.69) is 5.29 Å². The molecule has 0 radical (unpaired) electrons. The van der Waals surface area contributed by atoms with Gasteiger partial charge in [0.15, 0.2) is 5.03 Å². The molecule has 0 bridgehead atoms. The highest BCUT2D eigenvalue weighted by atomic mass is 32.2. The Morgan fingerprint density at radius 1 is 0.758 bits per heavy atom. The molecule has 1 saturated heterocycles. The Morgan fingerprint density at radius 2 is 1.12 bits per heavy atom. The number of rotatable bonds is 6. The summed E-state index contributed by atoms with van der Waals surface area (Å²) in [4.78, 5) is 22.8. The van der Waals surface area contributed by atoms with Crippen LogP contribution in [0.1, 0.15) is 11.1 Å². The molecule has 0 spiro atoms. The molecule has 1 heterocycles. The number of hydrogen-bond acceptors (Lipinski definition) is 8. The predicted molar refractivity (Wildman–Crippen MR) is 116 cm³/mol. The van der Waals surface area contributed by atoms with Crippen molar-refractivity contribution < 1.29 is 21.9 Å². The van der Waals surface area contributed by atoms with Crippen molar-refractivity contribution in [2.45, 2.75) is 23.6 Å². The molecule has 2 aromatic rings. The van der Waals surface area contributed by atoms with Gasteiger partial charge in [-0.05, 0) is 38.1 Å². The van der Waals surface area contributed by atoms with E-state index in [1.165, 1.54) is 24.3 Å². The standard InChI is InChI=1S/C18H22N6O7S2/c1-15-3-7-17(8-4-15)32(28,29)22-11-20(19-25)12-23(14-21(13-22)24(26)27)33(30,31)18-9-5-16(2)6-10-18/h3-10H,11-14H2,1-2H3. The Hall–Kier alpha value is -3.14. The lowest BCUT2D eigenvalue weighted by Crippen LogP contribution is -2.57. The van der Waals surface area contributed by atoms with Gasteiger partial charge in [0.2, 0.25) is 20.0 Å². The zero-order valence-corrected chi connectivity index (χ0v) is 19.4. The van der Waals surface area contributed by atoms with E-state index in [-0.39, 0.29) is 9.79 Å². The number of hydrogen-bond donors (Lipinski definition) is 0. The minimum absolute atomic E-state index is 0.132. The van der Waals surface area contributed by atoms with Crippen LogP contribution in [0.5, 0.6) is 0 Å². The molecule has 0 unspecified atom stereocenters. The lowest BCUT2D eigenvalue weighted by Gasteiger charge is -2.35. The van der Waals surface area contributed by atoms with Crippen LogP contribution in [0.3, 0.4) is 0 Å². The zero-order valence-electron chi connectivity index (χ0n) is 17.8. The third kappa shape index (κ3) is 5.27. The van der Waals surface area contributed by atoms with Crippen molar-refractivity contribution in [1.82, 2.24) is 18.6 Å². The van der Waals surface area contributed by atoms with E-state index < -0.39 is 51.8 Å². The van der Waals surface area contributed by atoms with E-state index >= 15 is 0 Å². The van der Waals surface area contributed by atoms with Gasteiger partial charge in [-0.3, -0.25) is 0 Å². The first kappa shape index (κ1) is 24.5. The van der Waals surface area contributed by atoms with Crippen molar-refractivity contribution >= 4 is 20.0 Å². The number of benzene rings is 2. The maximum absolute atomic E-state index is 13.1. The average Bonchev–Trinajstić information content (AvgIpc) is 2.74. The van der Waals surface area contributed by atoms with Gasteiger partial charge in [-0.15, -0.1) is 4.91 Å². The van der Waals surface area contributed by atoms with Crippen LogP contribution < -0.4 is 0 Å². The fourth-order valence-electron chi connectivity index (χ4n) is 3.08. The number of sulfonamides is 2. The zero-order chi connectivity index (χ0) is 24.4. The summed E-state index contributed by atoms with van der Waals surface area (Å²) >= 11 is 0. The normalized spacial score (nSPS) is 16.8. The summed E-state index contributed by atoms with van der Waals surface area (Å²) in [5.41, 5.74) is 1.61. The molecule has 0 aromatic heterocycles. The Labute approximate surface area is 191 Å². The SMILES string of the molecule is Cc1ccc(S(=O)(=O)N2CN(N=O)CN(S(=O)(=O)c3ccc(C)cc3)CN([N+](=O)[O-])C2)cc1. The van der Waals surface area contributed by atoms with Gasteiger partial charge in [0.1, 0.15) is 26.7 Å². The summed E-state index contributed by atoms with van der Waals surface area (Å²) in [6, 6.07) is 11.6. The van der Waals surface area contributed by atoms with Crippen LogP contribution in [-0.2, 0) is 20.0 Å². The lowest BCUT2D eigenvalue weighted by molar-refractivity contribution is -0.662. The van der Waals surface area contributed by atoms with Crippen molar-refractivity contribution in [2.75, 3.05) is 26.7 Å². The van der Waals surface area contributed by atoms with Gasteiger partial charge < -0.3 is 0 Å². The molecule has 13 nitrogen and oxygen atoms in total. The fraction of sp³-hybridized carbons (Fsp3) is 0.333. The minimum atomic E-state index is -4.26. The number of hydrazine groups is 1. The van der Waals surface area contributed by atoms with Crippen LogP contribution in [0.2, 0.25) is 0 Å². The average molecular weight is 499 g/mol.